The average molecular weight is 481 g/mol. The zero-order valence-electron chi connectivity index (χ0n) is 20.2. The first kappa shape index (κ1) is 27.0. The predicted molar refractivity (Wildman–Crippen MR) is 130 cm³/mol. The zero-order valence-corrected chi connectivity index (χ0v) is 20.2. The molecule has 8 heteroatoms. The lowest BCUT2D eigenvalue weighted by atomic mass is 10.1. The Labute approximate surface area is 204 Å². The highest BCUT2D eigenvalue weighted by molar-refractivity contribution is 6.10. The molecule has 0 saturated heterocycles. The van der Waals surface area contributed by atoms with Crippen LogP contribution in [0.25, 0.3) is 12.2 Å². The van der Waals surface area contributed by atoms with Gasteiger partial charge < -0.3 is 18.9 Å². The van der Waals surface area contributed by atoms with Gasteiger partial charge in [0.15, 0.2) is 11.6 Å². The van der Waals surface area contributed by atoms with Crippen LogP contribution in [0.5, 0.6) is 11.5 Å². The molecular formula is C27H28O8. The minimum atomic E-state index is -0.385. The Morgan fingerprint density at radius 2 is 1.06 bits per heavy atom. The van der Waals surface area contributed by atoms with Crippen molar-refractivity contribution in [3.8, 4) is 11.5 Å². The van der Waals surface area contributed by atoms with E-state index in [9.17, 15) is 19.2 Å². The molecule has 0 atom stereocenters. The Hall–Kier alpha value is -4.20. The van der Waals surface area contributed by atoms with Crippen LogP contribution in [-0.2, 0) is 41.5 Å². The summed E-state index contributed by atoms with van der Waals surface area (Å²) in [6.45, 7) is 0. The Morgan fingerprint density at radius 1 is 0.657 bits per heavy atom. The second kappa shape index (κ2) is 13.5. The van der Waals surface area contributed by atoms with Gasteiger partial charge in [-0.2, -0.15) is 0 Å². The lowest BCUT2D eigenvalue weighted by molar-refractivity contribution is -0.140. The zero-order chi connectivity index (χ0) is 25.8. The third-order valence-electron chi connectivity index (χ3n) is 5.02. The fourth-order valence-corrected chi connectivity index (χ4v) is 3.14. The summed E-state index contributed by atoms with van der Waals surface area (Å²) in [5, 5.41) is 0. The normalized spacial score (nSPS) is 10.9. The van der Waals surface area contributed by atoms with Crippen molar-refractivity contribution in [1.29, 1.82) is 0 Å². The van der Waals surface area contributed by atoms with Crippen molar-refractivity contribution in [3.63, 3.8) is 0 Å². The van der Waals surface area contributed by atoms with E-state index in [-0.39, 0.29) is 42.8 Å². The Balaban J connectivity index is 1.99. The van der Waals surface area contributed by atoms with E-state index >= 15 is 0 Å². The van der Waals surface area contributed by atoms with Crippen molar-refractivity contribution in [2.45, 2.75) is 19.3 Å². The minimum Gasteiger partial charge on any atom is -0.496 e. The first-order chi connectivity index (χ1) is 16.8. The van der Waals surface area contributed by atoms with Gasteiger partial charge in [-0.1, -0.05) is 36.4 Å². The van der Waals surface area contributed by atoms with Crippen LogP contribution in [0.15, 0.2) is 48.6 Å². The molecule has 0 spiro atoms. The molecule has 0 aliphatic carbocycles. The molecule has 2 rings (SSSR count). The molecule has 2 aromatic rings. The molecule has 0 fully saturated rings. The average Bonchev–Trinajstić information content (AvgIpc) is 2.87. The van der Waals surface area contributed by atoms with E-state index < -0.39 is 0 Å². The van der Waals surface area contributed by atoms with Gasteiger partial charge in [-0.25, -0.2) is 0 Å². The lowest BCUT2D eigenvalue weighted by Crippen LogP contribution is -2.06. The number of hydrogen-bond acceptors (Lipinski definition) is 8. The topological polar surface area (TPSA) is 105 Å². The Bertz CT molecular complexity index is 1050. The van der Waals surface area contributed by atoms with Crippen molar-refractivity contribution in [3.05, 3.63) is 70.8 Å². The summed E-state index contributed by atoms with van der Waals surface area (Å²) in [6, 6.07) is 10.3. The number of ketones is 2. The number of carbonyl (C=O) groups excluding carboxylic acids is 4. The van der Waals surface area contributed by atoms with Gasteiger partial charge in [0, 0.05) is 11.1 Å². The van der Waals surface area contributed by atoms with Crippen molar-refractivity contribution in [2.24, 2.45) is 0 Å². The van der Waals surface area contributed by atoms with E-state index in [0.717, 1.165) is 0 Å². The molecule has 0 saturated carbocycles. The SMILES string of the molecule is COC(=O)Cc1ccc(/C=C/C(=O)CC(=O)/C=C/c2ccc(CC(=O)OC)c(OC)c2)cc1OC. The van der Waals surface area contributed by atoms with E-state index in [2.05, 4.69) is 9.47 Å². The lowest BCUT2D eigenvalue weighted by Gasteiger charge is -2.08. The van der Waals surface area contributed by atoms with Gasteiger partial charge in [0.05, 0.1) is 47.7 Å². The van der Waals surface area contributed by atoms with Gasteiger partial charge in [-0.05, 0) is 35.4 Å². The van der Waals surface area contributed by atoms with E-state index in [1.807, 2.05) is 0 Å². The van der Waals surface area contributed by atoms with Crippen LogP contribution < -0.4 is 9.47 Å². The molecule has 0 bridgehead atoms. The molecule has 8 nitrogen and oxygen atoms in total. The van der Waals surface area contributed by atoms with E-state index in [1.54, 1.807) is 48.6 Å². The maximum Gasteiger partial charge on any atom is 0.310 e. The number of rotatable bonds is 12. The predicted octanol–water partition coefficient (Wildman–Crippen LogP) is 3.39. The summed E-state index contributed by atoms with van der Waals surface area (Å²) in [7, 11) is 5.60. The molecule has 35 heavy (non-hydrogen) atoms. The largest absolute Gasteiger partial charge is 0.496 e. The number of carbonyl (C=O) groups is 4. The second-order valence-corrected chi connectivity index (χ2v) is 7.42. The molecular weight excluding hydrogens is 452 g/mol. The van der Waals surface area contributed by atoms with Crippen LogP contribution in [0.4, 0.5) is 0 Å². The van der Waals surface area contributed by atoms with Crippen LogP contribution in [0.3, 0.4) is 0 Å². The molecule has 2 aromatic carbocycles. The molecule has 0 radical (unpaired) electrons. The number of methoxy groups -OCH3 is 4. The molecule has 184 valence electrons. The van der Waals surface area contributed by atoms with E-state index in [1.165, 1.54) is 40.6 Å². The van der Waals surface area contributed by atoms with Crippen LogP contribution in [-0.4, -0.2) is 51.9 Å². The molecule has 0 N–H and O–H groups in total. The molecule has 0 aromatic heterocycles. The van der Waals surface area contributed by atoms with Crippen molar-refractivity contribution in [2.75, 3.05) is 28.4 Å². The summed E-state index contributed by atoms with van der Waals surface area (Å²) < 4.78 is 19.9. The monoisotopic (exact) mass is 480 g/mol. The minimum absolute atomic E-state index is 0.0727. The van der Waals surface area contributed by atoms with Crippen molar-refractivity contribution < 1.29 is 38.1 Å². The quantitative estimate of drug-likeness (QED) is 0.259. The summed E-state index contributed by atoms with van der Waals surface area (Å²) in [5.74, 6) is -0.492. The van der Waals surface area contributed by atoms with Gasteiger partial charge >= 0.3 is 11.9 Å². The smallest absolute Gasteiger partial charge is 0.310 e. The number of esters is 2. The van der Waals surface area contributed by atoms with Gasteiger partial charge in [0.1, 0.15) is 11.5 Å². The molecule has 0 amide bonds. The van der Waals surface area contributed by atoms with Gasteiger partial charge in [0.2, 0.25) is 0 Å². The summed E-state index contributed by atoms with van der Waals surface area (Å²) in [4.78, 5) is 47.4. The molecule has 0 unspecified atom stereocenters. The number of allylic oxidation sites excluding steroid dienone is 2. The molecule has 0 aliphatic rings. The fraction of sp³-hybridized carbons (Fsp3) is 0.259. The fourth-order valence-electron chi connectivity index (χ4n) is 3.14. The highest BCUT2D eigenvalue weighted by Gasteiger charge is 2.11. The standard InChI is InChI=1S/C27H28O8/c1-32-24-13-18(5-9-20(24)15-26(30)34-3)7-11-22(28)17-23(29)12-8-19-6-10-21(16-27(31)35-4)25(14-19)33-2/h5-14H,15-17H2,1-4H3/b11-7+,12-8+. The Morgan fingerprint density at radius 3 is 1.40 bits per heavy atom. The summed E-state index contributed by atoms with van der Waals surface area (Å²) >= 11 is 0. The van der Waals surface area contributed by atoms with Crippen LogP contribution in [0.1, 0.15) is 28.7 Å². The first-order valence-corrected chi connectivity index (χ1v) is 10.7. The van der Waals surface area contributed by atoms with Gasteiger partial charge in [0.25, 0.3) is 0 Å². The van der Waals surface area contributed by atoms with Crippen LogP contribution in [0.2, 0.25) is 0 Å². The first-order valence-electron chi connectivity index (χ1n) is 10.7. The van der Waals surface area contributed by atoms with Crippen molar-refractivity contribution in [1.82, 2.24) is 0 Å². The van der Waals surface area contributed by atoms with Crippen LogP contribution >= 0.6 is 0 Å². The summed E-state index contributed by atoms with van der Waals surface area (Å²) in [5.41, 5.74) is 2.70. The second-order valence-electron chi connectivity index (χ2n) is 7.42. The van der Waals surface area contributed by atoms with Gasteiger partial charge in [-0.3, -0.25) is 19.2 Å². The third kappa shape index (κ3) is 8.58. The van der Waals surface area contributed by atoms with E-state index in [4.69, 9.17) is 9.47 Å². The highest BCUT2D eigenvalue weighted by atomic mass is 16.5. The van der Waals surface area contributed by atoms with Crippen molar-refractivity contribution >= 4 is 35.7 Å². The Kier molecular flexibility index (Phi) is 10.4. The highest BCUT2D eigenvalue weighted by Crippen LogP contribution is 2.23. The van der Waals surface area contributed by atoms with E-state index in [0.29, 0.717) is 33.8 Å². The molecule has 0 heterocycles. The van der Waals surface area contributed by atoms with Gasteiger partial charge in [-0.15, -0.1) is 0 Å². The number of hydrogen-bond donors (Lipinski definition) is 0. The maximum absolute atomic E-state index is 12.2. The van der Waals surface area contributed by atoms with Crippen LogP contribution in [0, 0.1) is 0 Å². The third-order valence-corrected chi connectivity index (χ3v) is 5.02. The number of benzene rings is 2. The maximum atomic E-state index is 12.2. The molecule has 0 aliphatic heterocycles. The number of ether oxygens (including phenoxy) is 4. The summed E-state index contributed by atoms with van der Waals surface area (Å²) in [6.07, 6.45) is 5.66.